The van der Waals surface area contributed by atoms with Gasteiger partial charge in [-0.15, -0.1) is 0 Å². The number of ether oxygens (including phenoxy) is 1. The van der Waals surface area contributed by atoms with Crippen LogP contribution in [-0.4, -0.2) is 16.6 Å². The molecule has 1 atom stereocenters. The van der Waals surface area contributed by atoms with Crippen molar-refractivity contribution >= 4 is 11.6 Å². The molecule has 1 fully saturated rings. The summed E-state index contributed by atoms with van der Waals surface area (Å²) >= 11 is 0. The minimum absolute atomic E-state index is 0.103. The van der Waals surface area contributed by atoms with Gasteiger partial charge in [0, 0.05) is 30.7 Å². The van der Waals surface area contributed by atoms with Crippen molar-refractivity contribution in [3.05, 3.63) is 23.8 Å². The van der Waals surface area contributed by atoms with E-state index >= 15 is 0 Å². The van der Waals surface area contributed by atoms with Crippen LogP contribution in [-0.2, 0) is 4.79 Å². The zero-order valence-electron chi connectivity index (χ0n) is 11.8. The van der Waals surface area contributed by atoms with Crippen LogP contribution in [0.3, 0.4) is 0 Å². The third-order valence-electron chi connectivity index (χ3n) is 4.35. The van der Waals surface area contributed by atoms with Gasteiger partial charge in [-0.25, -0.2) is 0 Å². The van der Waals surface area contributed by atoms with Gasteiger partial charge in [0.1, 0.15) is 11.4 Å². The third kappa shape index (κ3) is 2.52. The fourth-order valence-corrected chi connectivity index (χ4v) is 3.42. The second-order valence-corrected chi connectivity index (χ2v) is 6.00. The number of carbonyl (C=O) groups is 1. The molecule has 1 aromatic rings. The van der Waals surface area contributed by atoms with E-state index in [2.05, 4.69) is 5.32 Å². The summed E-state index contributed by atoms with van der Waals surface area (Å²) in [5.41, 5.74) is 1.34. The first-order valence-corrected chi connectivity index (χ1v) is 7.37. The lowest BCUT2D eigenvalue weighted by molar-refractivity contribution is -0.114. The Morgan fingerprint density at radius 2 is 2.10 bits per heavy atom. The van der Waals surface area contributed by atoms with Crippen LogP contribution in [0.15, 0.2) is 18.2 Å². The van der Waals surface area contributed by atoms with E-state index in [4.69, 9.17) is 4.74 Å². The summed E-state index contributed by atoms with van der Waals surface area (Å²) < 4.78 is 6.24. The molecule has 1 saturated carbocycles. The highest BCUT2D eigenvalue weighted by atomic mass is 16.5. The largest absolute Gasteiger partial charge is 0.487 e. The van der Waals surface area contributed by atoms with Gasteiger partial charge in [-0.1, -0.05) is 12.5 Å². The number of hydrogen-bond acceptors (Lipinski definition) is 3. The lowest BCUT2D eigenvalue weighted by Crippen LogP contribution is -2.42. The van der Waals surface area contributed by atoms with E-state index < -0.39 is 6.10 Å². The van der Waals surface area contributed by atoms with Crippen LogP contribution in [0, 0.1) is 0 Å². The molecule has 1 amide bonds. The maximum atomic E-state index is 11.1. The first-order valence-electron chi connectivity index (χ1n) is 7.37. The lowest BCUT2D eigenvalue weighted by Gasteiger charge is -2.43. The lowest BCUT2D eigenvalue weighted by atomic mass is 9.78. The molecule has 108 valence electrons. The van der Waals surface area contributed by atoms with Gasteiger partial charge in [0.05, 0.1) is 6.10 Å². The maximum absolute atomic E-state index is 11.1. The first kappa shape index (κ1) is 13.4. The number of rotatable bonds is 1. The van der Waals surface area contributed by atoms with Crippen molar-refractivity contribution in [3.63, 3.8) is 0 Å². The van der Waals surface area contributed by atoms with E-state index in [0.717, 1.165) is 42.7 Å². The minimum Gasteiger partial charge on any atom is -0.487 e. The molecule has 0 aromatic heterocycles. The minimum atomic E-state index is -0.469. The van der Waals surface area contributed by atoms with Crippen LogP contribution >= 0.6 is 0 Å². The van der Waals surface area contributed by atoms with Crippen LogP contribution in [0.1, 0.15) is 57.1 Å². The third-order valence-corrected chi connectivity index (χ3v) is 4.35. The summed E-state index contributed by atoms with van der Waals surface area (Å²) in [5, 5.41) is 13.1. The molecule has 1 unspecified atom stereocenters. The van der Waals surface area contributed by atoms with E-state index in [9.17, 15) is 9.90 Å². The predicted molar refractivity (Wildman–Crippen MR) is 76.8 cm³/mol. The number of benzene rings is 1. The van der Waals surface area contributed by atoms with Gasteiger partial charge in [0.2, 0.25) is 5.91 Å². The number of hydrogen-bond donors (Lipinski definition) is 2. The van der Waals surface area contributed by atoms with Crippen LogP contribution in [0.4, 0.5) is 5.69 Å². The second-order valence-electron chi connectivity index (χ2n) is 6.00. The van der Waals surface area contributed by atoms with Gasteiger partial charge in [0.25, 0.3) is 0 Å². The monoisotopic (exact) mass is 275 g/mol. The van der Waals surface area contributed by atoms with Crippen molar-refractivity contribution in [1.29, 1.82) is 0 Å². The predicted octanol–water partition coefficient (Wildman–Crippen LogP) is 3.16. The van der Waals surface area contributed by atoms with Gasteiger partial charge in [0.15, 0.2) is 0 Å². The molecule has 1 aromatic carbocycles. The van der Waals surface area contributed by atoms with Gasteiger partial charge in [-0.2, -0.15) is 0 Å². The number of amides is 1. The number of carbonyl (C=O) groups excluding carboxylic acids is 1. The van der Waals surface area contributed by atoms with Crippen molar-refractivity contribution in [1.82, 2.24) is 0 Å². The van der Waals surface area contributed by atoms with Crippen molar-refractivity contribution in [3.8, 4) is 5.75 Å². The Balaban J connectivity index is 1.90. The van der Waals surface area contributed by atoms with Gasteiger partial charge >= 0.3 is 0 Å². The van der Waals surface area contributed by atoms with Crippen molar-refractivity contribution in [2.24, 2.45) is 0 Å². The van der Waals surface area contributed by atoms with E-state index in [1.807, 2.05) is 18.2 Å². The smallest absolute Gasteiger partial charge is 0.221 e. The highest BCUT2D eigenvalue weighted by molar-refractivity contribution is 5.88. The average molecular weight is 275 g/mol. The standard InChI is InChI=1S/C16H21NO3/c1-11(18)17-12-5-6-13-14(19)10-16(20-15(13)9-12)7-3-2-4-8-16/h5-6,9,14,19H,2-4,7-8,10H2,1H3,(H,17,18). The summed E-state index contributed by atoms with van der Waals surface area (Å²) in [6.45, 7) is 1.48. The Morgan fingerprint density at radius 3 is 2.80 bits per heavy atom. The molecule has 1 aliphatic heterocycles. The molecule has 2 N–H and O–H groups in total. The number of fused-ring (bicyclic) bond motifs is 1. The van der Waals surface area contributed by atoms with Crippen molar-refractivity contribution in [2.45, 2.75) is 57.2 Å². The highest BCUT2D eigenvalue weighted by Crippen LogP contribution is 2.46. The number of nitrogens with one attached hydrogen (secondary N) is 1. The highest BCUT2D eigenvalue weighted by Gasteiger charge is 2.41. The van der Waals surface area contributed by atoms with Crippen LogP contribution in [0.25, 0.3) is 0 Å². The van der Waals surface area contributed by atoms with E-state index in [1.165, 1.54) is 13.3 Å². The van der Waals surface area contributed by atoms with E-state index in [-0.39, 0.29) is 11.5 Å². The zero-order chi connectivity index (χ0) is 14.2. The average Bonchev–Trinajstić information content (AvgIpc) is 2.38. The molecular weight excluding hydrogens is 254 g/mol. The summed E-state index contributed by atoms with van der Waals surface area (Å²) in [4.78, 5) is 11.1. The molecule has 1 heterocycles. The quantitative estimate of drug-likeness (QED) is 0.827. The van der Waals surface area contributed by atoms with Gasteiger partial charge in [-0.05, 0) is 31.7 Å². The summed E-state index contributed by atoms with van der Waals surface area (Å²) in [6, 6.07) is 5.49. The van der Waals surface area contributed by atoms with Gasteiger partial charge in [-0.3, -0.25) is 4.79 Å². The molecule has 0 bridgehead atoms. The molecular formula is C16H21NO3. The normalized spacial score (nSPS) is 23.8. The molecule has 0 saturated heterocycles. The number of aliphatic hydroxyl groups excluding tert-OH is 1. The molecule has 4 heteroatoms. The van der Waals surface area contributed by atoms with Crippen LogP contribution < -0.4 is 10.1 Å². The Bertz CT molecular complexity index is 520. The fourth-order valence-electron chi connectivity index (χ4n) is 3.42. The molecule has 3 rings (SSSR count). The summed E-state index contributed by atoms with van der Waals surface area (Å²) in [6.07, 6.45) is 5.80. The Labute approximate surface area is 119 Å². The fraction of sp³-hybridized carbons (Fsp3) is 0.562. The van der Waals surface area contributed by atoms with Gasteiger partial charge < -0.3 is 15.2 Å². The number of aliphatic hydroxyl groups is 1. The molecule has 1 aliphatic carbocycles. The summed E-state index contributed by atoms with van der Waals surface area (Å²) in [7, 11) is 0. The molecule has 0 radical (unpaired) electrons. The zero-order valence-corrected chi connectivity index (χ0v) is 11.8. The molecule has 2 aliphatic rings. The topological polar surface area (TPSA) is 58.6 Å². The van der Waals surface area contributed by atoms with E-state index in [0.29, 0.717) is 6.42 Å². The van der Waals surface area contributed by atoms with E-state index in [1.54, 1.807) is 0 Å². The Kier molecular flexibility index (Phi) is 3.42. The van der Waals surface area contributed by atoms with Crippen molar-refractivity contribution < 1.29 is 14.6 Å². The Hall–Kier alpha value is -1.55. The molecule has 4 nitrogen and oxygen atoms in total. The SMILES string of the molecule is CC(=O)Nc1ccc2c(c1)OC1(CCCCC1)CC2O. The molecule has 1 spiro atoms. The van der Waals surface area contributed by atoms with Crippen LogP contribution in [0.2, 0.25) is 0 Å². The first-order chi connectivity index (χ1) is 9.58. The van der Waals surface area contributed by atoms with Crippen LogP contribution in [0.5, 0.6) is 5.75 Å². The van der Waals surface area contributed by atoms with Crippen molar-refractivity contribution in [2.75, 3.05) is 5.32 Å². The summed E-state index contributed by atoms with van der Waals surface area (Å²) in [5.74, 6) is 0.616. The maximum Gasteiger partial charge on any atom is 0.221 e. The number of anilines is 1. The Morgan fingerprint density at radius 1 is 1.35 bits per heavy atom. The second kappa shape index (κ2) is 5.09. The molecule has 20 heavy (non-hydrogen) atoms.